The van der Waals surface area contributed by atoms with Gasteiger partial charge in [0.15, 0.2) is 0 Å². The predicted octanol–water partition coefficient (Wildman–Crippen LogP) is 3.68. The van der Waals surface area contributed by atoms with Gasteiger partial charge in [0.1, 0.15) is 5.69 Å². The summed E-state index contributed by atoms with van der Waals surface area (Å²) >= 11 is 0. The maximum Gasteiger partial charge on any atom is 0.270 e. The van der Waals surface area contributed by atoms with E-state index in [1.807, 2.05) is 25.1 Å². The van der Waals surface area contributed by atoms with Crippen molar-refractivity contribution in [1.82, 2.24) is 10.3 Å². The first-order chi connectivity index (χ1) is 11.9. The van der Waals surface area contributed by atoms with Crippen molar-refractivity contribution in [1.29, 1.82) is 0 Å². The minimum absolute atomic E-state index is 0.198. The summed E-state index contributed by atoms with van der Waals surface area (Å²) in [7, 11) is 0. The zero-order valence-corrected chi connectivity index (χ0v) is 14.8. The number of rotatable bonds is 6. The number of hydrogen-bond donors (Lipinski definition) is 2. The van der Waals surface area contributed by atoms with Crippen LogP contribution in [0.4, 0.5) is 5.69 Å². The summed E-state index contributed by atoms with van der Waals surface area (Å²) in [5.41, 5.74) is 3.47. The Morgan fingerprint density at radius 1 is 1.24 bits per heavy atom. The van der Waals surface area contributed by atoms with Crippen molar-refractivity contribution in [2.75, 3.05) is 11.9 Å². The Morgan fingerprint density at radius 3 is 2.68 bits per heavy atom. The first kappa shape index (κ1) is 18.4. The van der Waals surface area contributed by atoms with Crippen LogP contribution in [0.5, 0.6) is 0 Å². The standard InChI is InChI=1S/C20H23N3O2/c1-5-10-22-20(25)17-12-15(9-11-21-17)19(24)23-18-14(4)7-6-8-16(18)13(2)3/h5-9,11-13H,1,10H2,2-4H3,(H,22,25)(H,23,24). The number of para-hydroxylation sites is 1. The third-order valence-electron chi connectivity index (χ3n) is 3.83. The van der Waals surface area contributed by atoms with Gasteiger partial charge in [-0.1, -0.05) is 38.1 Å². The summed E-state index contributed by atoms with van der Waals surface area (Å²) < 4.78 is 0. The highest BCUT2D eigenvalue weighted by molar-refractivity contribution is 6.06. The molecule has 0 radical (unpaired) electrons. The molecule has 0 saturated heterocycles. The lowest BCUT2D eigenvalue weighted by Crippen LogP contribution is -2.25. The number of benzene rings is 1. The summed E-state index contributed by atoms with van der Waals surface area (Å²) in [6.45, 7) is 10.0. The third-order valence-corrected chi connectivity index (χ3v) is 3.83. The highest BCUT2D eigenvalue weighted by Crippen LogP contribution is 2.27. The number of pyridine rings is 1. The van der Waals surface area contributed by atoms with E-state index in [4.69, 9.17) is 0 Å². The number of aromatic nitrogens is 1. The van der Waals surface area contributed by atoms with Crippen LogP contribution in [-0.4, -0.2) is 23.3 Å². The Morgan fingerprint density at radius 2 is 2.00 bits per heavy atom. The molecule has 5 nitrogen and oxygen atoms in total. The molecular weight excluding hydrogens is 314 g/mol. The van der Waals surface area contributed by atoms with E-state index >= 15 is 0 Å². The van der Waals surface area contributed by atoms with E-state index in [2.05, 4.69) is 36.0 Å². The van der Waals surface area contributed by atoms with Gasteiger partial charge in [0.05, 0.1) is 0 Å². The van der Waals surface area contributed by atoms with Crippen LogP contribution >= 0.6 is 0 Å². The van der Waals surface area contributed by atoms with Crippen molar-refractivity contribution >= 4 is 17.5 Å². The van der Waals surface area contributed by atoms with E-state index in [0.717, 1.165) is 16.8 Å². The molecule has 0 aliphatic rings. The molecule has 0 unspecified atom stereocenters. The van der Waals surface area contributed by atoms with Gasteiger partial charge >= 0.3 is 0 Å². The molecule has 25 heavy (non-hydrogen) atoms. The number of carbonyl (C=O) groups is 2. The topological polar surface area (TPSA) is 71.1 Å². The minimum atomic E-state index is -0.340. The van der Waals surface area contributed by atoms with E-state index in [1.165, 1.54) is 12.3 Å². The maximum atomic E-state index is 12.6. The van der Waals surface area contributed by atoms with Crippen LogP contribution in [0.25, 0.3) is 0 Å². The van der Waals surface area contributed by atoms with Crippen LogP contribution in [0.1, 0.15) is 51.7 Å². The first-order valence-corrected chi connectivity index (χ1v) is 8.20. The molecular formula is C20H23N3O2. The molecule has 0 aliphatic heterocycles. The Balaban J connectivity index is 2.25. The van der Waals surface area contributed by atoms with Crippen LogP contribution in [0.3, 0.4) is 0 Å². The van der Waals surface area contributed by atoms with E-state index in [1.54, 1.807) is 12.1 Å². The molecule has 0 spiro atoms. The van der Waals surface area contributed by atoms with E-state index in [-0.39, 0.29) is 23.4 Å². The monoisotopic (exact) mass is 337 g/mol. The predicted molar refractivity (Wildman–Crippen MR) is 100.0 cm³/mol. The van der Waals surface area contributed by atoms with Gasteiger partial charge in [0.25, 0.3) is 11.8 Å². The van der Waals surface area contributed by atoms with E-state index in [9.17, 15) is 9.59 Å². The maximum absolute atomic E-state index is 12.6. The number of nitrogens with zero attached hydrogens (tertiary/aromatic N) is 1. The number of anilines is 1. The fourth-order valence-electron chi connectivity index (χ4n) is 2.48. The summed E-state index contributed by atoms with van der Waals surface area (Å²) in [6, 6.07) is 9.03. The van der Waals surface area contributed by atoms with Crippen molar-refractivity contribution in [3.05, 3.63) is 71.6 Å². The van der Waals surface area contributed by atoms with Crippen LogP contribution < -0.4 is 10.6 Å². The summed E-state index contributed by atoms with van der Waals surface area (Å²) in [5.74, 6) is -0.322. The van der Waals surface area contributed by atoms with E-state index < -0.39 is 0 Å². The quantitative estimate of drug-likeness (QED) is 0.790. The number of nitrogens with one attached hydrogen (secondary N) is 2. The molecule has 0 bridgehead atoms. The normalized spacial score (nSPS) is 10.4. The number of hydrogen-bond acceptors (Lipinski definition) is 3. The molecule has 130 valence electrons. The van der Waals surface area contributed by atoms with Crippen LogP contribution in [0, 0.1) is 6.92 Å². The number of amides is 2. The van der Waals surface area contributed by atoms with Crippen LogP contribution in [-0.2, 0) is 0 Å². The molecule has 1 aromatic carbocycles. The number of carbonyl (C=O) groups excluding carboxylic acids is 2. The van der Waals surface area contributed by atoms with Crippen molar-refractivity contribution in [3.8, 4) is 0 Å². The summed E-state index contributed by atoms with van der Waals surface area (Å²) in [4.78, 5) is 28.6. The second-order valence-electron chi connectivity index (χ2n) is 6.08. The molecule has 1 heterocycles. The Bertz CT molecular complexity index is 797. The van der Waals surface area contributed by atoms with Crippen molar-refractivity contribution in [2.45, 2.75) is 26.7 Å². The Kier molecular flexibility index (Phi) is 6.06. The van der Waals surface area contributed by atoms with Crippen molar-refractivity contribution < 1.29 is 9.59 Å². The third kappa shape index (κ3) is 4.53. The average Bonchev–Trinajstić information content (AvgIpc) is 2.61. The zero-order valence-electron chi connectivity index (χ0n) is 14.8. The second kappa shape index (κ2) is 8.24. The van der Waals surface area contributed by atoms with Gasteiger partial charge in [-0.05, 0) is 36.1 Å². The molecule has 2 rings (SSSR count). The van der Waals surface area contributed by atoms with Gasteiger partial charge in [0, 0.05) is 24.0 Å². The van der Waals surface area contributed by atoms with Gasteiger partial charge in [-0.2, -0.15) is 0 Å². The highest BCUT2D eigenvalue weighted by atomic mass is 16.2. The fraction of sp³-hybridized carbons (Fsp3) is 0.250. The second-order valence-corrected chi connectivity index (χ2v) is 6.08. The summed E-state index contributed by atoms with van der Waals surface area (Å²) in [5, 5.41) is 5.62. The molecule has 2 amide bonds. The number of aryl methyl sites for hydroxylation is 1. The molecule has 0 atom stereocenters. The van der Waals surface area contributed by atoms with Gasteiger partial charge < -0.3 is 10.6 Å². The van der Waals surface area contributed by atoms with Gasteiger partial charge in [0.2, 0.25) is 0 Å². The lowest BCUT2D eigenvalue weighted by Gasteiger charge is -2.16. The molecule has 0 saturated carbocycles. The molecule has 0 aliphatic carbocycles. The first-order valence-electron chi connectivity index (χ1n) is 8.20. The molecule has 0 fully saturated rings. The molecule has 5 heteroatoms. The molecule has 2 N–H and O–H groups in total. The SMILES string of the molecule is C=CCNC(=O)c1cc(C(=O)Nc2c(C)cccc2C(C)C)ccn1. The van der Waals surface area contributed by atoms with E-state index in [0.29, 0.717) is 12.1 Å². The lowest BCUT2D eigenvalue weighted by molar-refractivity contribution is 0.0953. The highest BCUT2D eigenvalue weighted by Gasteiger charge is 2.15. The zero-order chi connectivity index (χ0) is 18.4. The summed E-state index contributed by atoms with van der Waals surface area (Å²) in [6.07, 6.45) is 3.04. The minimum Gasteiger partial charge on any atom is -0.347 e. The largest absolute Gasteiger partial charge is 0.347 e. The van der Waals surface area contributed by atoms with Crippen LogP contribution in [0.2, 0.25) is 0 Å². The van der Waals surface area contributed by atoms with Crippen LogP contribution in [0.15, 0.2) is 49.2 Å². The Labute approximate surface area is 148 Å². The van der Waals surface area contributed by atoms with Gasteiger partial charge in [-0.15, -0.1) is 6.58 Å². The van der Waals surface area contributed by atoms with Crippen molar-refractivity contribution in [3.63, 3.8) is 0 Å². The average molecular weight is 337 g/mol. The molecule has 1 aromatic heterocycles. The molecule has 2 aromatic rings. The lowest BCUT2D eigenvalue weighted by atomic mass is 9.98. The van der Waals surface area contributed by atoms with Gasteiger partial charge in [-0.3, -0.25) is 14.6 Å². The fourth-order valence-corrected chi connectivity index (χ4v) is 2.48. The Hall–Kier alpha value is -2.95. The van der Waals surface area contributed by atoms with Crippen molar-refractivity contribution in [2.24, 2.45) is 0 Å². The van der Waals surface area contributed by atoms with Gasteiger partial charge in [-0.25, -0.2) is 0 Å². The smallest absolute Gasteiger partial charge is 0.270 e.